The Labute approximate surface area is 120 Å². The fraction of sp³-hybridized carbons (Fsp3) is 0.467. The van der Waals surface area contributed by atoms with Crippen LogP contribution in [-0.2, 0) is 10.0 Å². The highest BCUT2D eigenvalue weighted by Crippen LogP contribution is 2.28. The largest absolute Gasteiger partial charge is 0.384 e. The van der Waals surface area contributed by atoms with E-state index in [1.807, 2.05) is 6.92 Å². The minimum absolute atomic E-state index is 0.0231. The summed E-state index contributed by atoms with van der Waals surface area (Å²) in [5.74, 6) is 5.79. The highest BCUT2D eigenvalue weighted by Gasteiger charge is 2.30. The fourth-order valence-corrected chi connectivity index (χ4v) is 3.80. The Morgan fingerprint density at radius 1 is 1.40 bits per heavy atom. The Hall–Kier alpha value is -1.35. The van der Waals surface area contributed by atoms with E-state index in [1.165, 1.54) is 0 Å². The van der Waals surface area contributed by atoms with E-state index in [4.69, 9.17) is 5.11 Å². The highest BCUT2D eigenvalue weighted by atomic mass is 32.2. The maximum atomic E-state index is 12.4. The van der Waals surface area contributed by atoms with Crippen molar-refractivity contribution in [1.29, 1.82) is 0 Å². The lowest BCUT2D eigenvalue weighted by Crippen LogP contribution is -2.43. The van der Waals surface area contributed by atoms with Gasteiger partial charge >= 0.3 is 0 Å². The molecule has 5 heteroatoms. The van der Waals surface area contributed by atoms with Crippen LogP contribution in [-0.4, -0.2) is 26.2 Å². The number of nitrogens with one attached hydrogen (secondary N) is 1. The number of aliphatic hydroxyl groups is 1. The number of aliphatic hydroxyl groups excluding tert-OH is 1. The summed E-state index contributed by atoms with van der Waals surface area (Å²) in [7, 11) is -3.56. The van der Waals surface area contributed by atoms with Crippen molar-refractivity contribution in [1.82, 2.24) is 4.72 Å². The number of rotatable bonds is 3. The molecule has 108 valence electrons. The molecule has 0 atom stereocenters. The molecule has 0 saturated heterocycles. The normalized spacial score (nSPS) is 21.8. The van der Waals surface area contributed by atoms with Crippen molar-refractivity contribution >= 4 is 10.0 Å². The minimum atomic E-state index is -3.56. The SMILES string of the molecule is Cc1ccc(S(=O)(=O)NC2CC(C)C2)c(C#CCO)c1. The van der Waals surface area contributed by atoms with E-state index >= 15 is 0 Å². The number of aryl methyl sites for hydroxylation is 1. The molecule has 2 rings (SSSR count). The molecule has 0 radical (unpaired) electrons. The van der Waals surface area contributed by atoms with Crippen LogP contribution in [0.1, 0.15) is 30.9 Å². The first-order chi connectivity index (χ1) is 9.42. The van der Waals surface area contributed by atoms with E-state index < -0.39 is 10.0 Å². The van der Waals surface area contributed by atoms with Gasteiger partial charge in [-0.25, -0.2) is 13.1 Å². The molecule has 1 fully saturated rings. The summed E-state index contributed by atoms with van der Waals surface area (Å²) in [5, 5.41) is 8.77. The van der Waals surface area contributed by atoms with Crippen molar-refractivity contribution < 1.29 is 13.5 Å². The van der Waals surface area contributed by atoms with Crippen LogP contribution in [0.15, 0.2) is 23.1 Å². The first kappa shape index (κ1) is 15.0. The van der Waals surface area contributed by atoms with Crippen LogP contribution in [0.2, 0.25) is 0 Å². The third-order valence-corrected chi connectivity index (χ3v) is 5.00. The van der Waals surface area contributed by atoms with Crippen LogP contribution in [0.4, 0.5) is 0 Å². The van der Waals surface area contributed by atoms with Gasteiger partial charge in [-0.3, -0.25) is 0 Å². The zero-order valence-corrected chi connectivity index (χ0v) is 12.5. The molecule has 0 amide bonds. The van der Waals surface area contributed by atoms with E-state index in [0.29, 0.717) is 11.5 Å². The maximum absolute atomic E-state index is 12.4. The highest BCUT2D eigenvalue weighted by molar-refractivity contribution is 7.89. The van der Waals surface area contributed by atoms with Crippen molar-refractivity contribution in [3.05, 3.63) is 29.3 Å². The summed E-state index contributed by atoms with van der Waals surface area (Å²) in [6, 6.07) is 5.07. The topological polar surface area (TPSA) is 66.4 Å². The summed E-state index contributed by atoms with van der Waals surface area (Å²) in [5.41, 5.74) is 1.36. The zero-order chi connectivity index (χ0) is 14.8. The molecule has 1 aliphatic carbocycles. The van der Waals surface area contributed by atoms with E-state index in [-0.39, 0.29) is 17.5 Å². The molecule has 0 aromatic heterocycles. The van der Waals surface area contributed by atoms with Crippen LogP contribution < -0.4 is 4.72 Å². The predicted octanol–water partition coefficient (Wildman–Crippen LogP) is 1.42. The fourth-order valence-electron chi connectivity index (χ4n) is 2.39. The van der Waals surface area contributed by atoms with Crippen LogP contribution >= 0.6 is 0 Å². The number of benzene rings is 1. The molecule has 0 unspecified atom stereocenters. The maximum Gasteiger partial charge on any atom is 0.242 e. The molecule has 2 N–H and O–H groups in total. The summed E-state index contributed by atoms with van der Waals surface area (Å²) in [6.45, 7) is 3.69. The number of hydrogen-bond donors (Lipinski definition) is 2. The van der Waals surface area contributed by atoms with Crippen LogP contribution in [0.25, 0.3) is 0 Å². The van der Waals surface area contributed by atoms with Gasteiger partial charge in [-0.1, -0.05) is 24.8 Å². The van der Waals surface area contributed by atoms with Crippen molar-refractivity contribution in [2.45, 2.75) is 37.6 Å². The lowest BCUT2D eigenvalue weighted by atomic mass is 9.83. The van der Waals surface area contributed by atoms with Gasteiger partial charge in [-0.05, 0) is 43.4 Å². The van der Waals surface area contributed by atoms with Crippen molar-refractivity contribution in [2.75, 3.05) is 6.61 Å². The van der Waals surface area contributed by atoms with E-state index in [2.05, 4.69) is 23.5 Å². The molecule has 0 bridgehead atoms. The molecule has 0 heterocycles. The number of sulfonamides is 1. The molecule has 1 saturated carbocycles. The van der Waals surface area contributed by atoms with Gasteiger partial charge in [0.25, 0.3) is 0 Å². The summed E-state index contributed by atoms with van der Waals surface area (Å²) >= 11 is 0. The summed E-state index contributed by atoms with van der Waals surface area (Å²) in [4.78, 5) is 0.184. The monoisotopic (exact) mass is 293 g/mol. The second-order valence-corrected chi connectivity index (χ2v) is 7.04. The molecule has 4 nitrogen and oxygen atoms in total. The Balaban J connectivity index is 2.30. The van der Waals surface area contributed by atoms with Gasteiger partial charge in [0.05, 0.1) is 4.90 Å². The second-order valence-electron chi connectivity index (χ2n) is 5.35. The van der Waals surface area contributed by atoms with Gasteiger partial charge in [-0.2, -0.15) is 0 Å². The van der Waals surface area contributed by atoms with Gasteiger partial charge in [-0.15, -0.1) is 0 Å². The molecule has 1 aromatic rings. The van der Waals surface area contributed by atoms with Crippen molar-refractivity contribution in [3.8, 4) is 11.8 Å². The number of hydrogen-bond acceptors (Lipinski definition) is 3. The first-order valence-corrected chi connectivity index (χ1v) is 8.13. The Kier molecular flexibility index (Phi) is 4.48. The average Bonchev–Trinajstić information content (AvgIpc) is 2.34. The molecule has 0 spiro atoms. The molecular weight excluding hydrogens is 274 g/mol. The summed E-state index contributed by atoms with van der Waals surface area (Å²) < 4.78 is 27.5. The lowest BCUT2D eigenvalue weighted by molar-refractivity contribution is 0.270. The van der Waals surface area contributed by atoms with E-state index in [9.17, 15) is 8.42 Å². The molecule has 0 aliphatic heterocycles. The van der Waals surface area contributed by atoms with E-state index in [0.717, 1.165) is 18.4 Å². The van der Waals surface area contributed by atoms with Crippen molar-refractivity contribution in [2.24, 2.45) is 5.92 Å². The van der Waals surface area contributed by atoms with Crippen LogP contribution in [0, 0.1) is 24.7 Å². The first-order valence-electron chi connectivity index (χ1n) is 6.65. The van der Waals surface area contributed by atoms with E-state index in [1.54, 1.807) is 18.2 Å². The van der Waals surface area contributed by atoms with Gasteiger partial charge in [0.15, 0.2) is 0 Å². The van der Waals surface area contributed by atoms with Crippen LogP contribution in [0.3, 0.4) is 0 Å². The minimum Gasteiger partial charge on any atom is -0.384 e. The van der Waals surface area contributed by atoms with Gasteiger partial charge in [0.1, 0.15) is 6.61 Å². The molecular formula is C15H19NO3S. The zero-order valence-electron chi connectivity index (χ0n) is 11.7. The van der Waals surface area contributed by atoms with Gasteiger partial charge in [0.2, 0.25) is 10.0 Å². The molecule has 1 aliphatic rings. The second kappa shape index (κ2) is 5.96. The Bertz CT molecular complexity index is 649. The lowest BCUT2D eigenvalue weighted by Gasteiger charge is -2.33. The molecule has 20 heavy (non-hydrogen) atoms. The summed E-state index contributed by atoms with van der Waals surface area (Å²) in [6.07, 6.45) is 1.76. The van der Waals surface area contributed by atoms with Gasteiger partial charge < -0.3 is 5.11 Å². The third kappa shape index (κ3) is 3.40. The average molecular weight is 293 g/mol. The van der Waals surface area contributed by atoms with Gasteiger partial charge in [0, 0.05) is 11.6 Å². The molecule has 1 aromatic carbocycles. The predicted molar refractivity (Wildman–Crippen MR) is 77.7 cm³/mol. The standard InChI is InChI=1S/C15H19NO3S/c1-11-5-6-15(13(8-11)4-3-7-17)20(18,19)16-14-9-12(2)10-14/h5-6,8,12,14,16-17H,7,9-10H2,1-2H3. The quantitative estimate of drug-likeness (QED) is 0.828. The Morgan fingerprint density at radius 2 is 2.10 bits per heavy atom. The smallest absolute Gasteiger partial charge is 0.242 e. The van der Waals surface area contributed by atoms with Crippen LogP contribution in [0.5, 0.6) is 0 Å². The third-order valence-electron chi connectivity index (χ3n) is 3.42. The Morgan fingerprint density at radius 3 is 2.70 bits per heavy atom. The van der Waals surface area contributed by atoms with Crippen molar-refractivity contribution in [3.63, 3.8) is 0 Å².